The molecule has 27 heavy (non-hydrogen) atoms. The van der Waals surface area contributed by atoms with Gasteiger partial charge in [-0.15, -0.1) is 11.3 Å². The minimum Gasteiger partial charge on any atom is -0.493 e. The maximum atomic E-state index is 13.5. The van der Waals surface area contributed by atoms with E-state index < -0.39 is 10.0 Å². The molecule has 0 unspecified atom stereocenters. The van der Waals surface area contributed by atoms with Crippen molar-refractivity contribution in [2.75, 3.05) is 34.0 Å². The number of methoxy groups -OCH3 is 2. The van der Waals surface area contributed by atoms with Crippen LogP contribution in [0.3, 0.4) is 0 Å². The van der Waals surface area contributed by atoms with Crippen molar-refractivity contribution >= 4 is 21.4 Å². The predicted octanol–water partition coefficient (Wildman–Crippen LogP) is 3.18. The van der Waals surface area contributed by atoms with Crippen LogP contribution in [-0.2, 0) is 21.2 Å². The molecular formula is C19H25NO5S2. The average Bonchev–Trinajstić information content (AvgIpc) is 3.21. The number of benzene rings is 1. The van der Waals surface area contributed by atoms with Crippen LogP contribution in [0.5, 0.6) is 11.5 Å². The molecule has 0 bridgehead atoms. The van der Waals surface area contributed by atoms with E-state index in [-0.39, 0.29) is 10.9 Å². The van der Waals surface area contributed by atoms with E-state index in [1.807, 2.05) is 17.5 Å². The van der Waals surface area contributed by atoms with Crippen molar-refractivity contribution in [1.29, 1.82) is 0 Å². The highest BCUT2D eigenvalue weighted by atomic mass is 32.2. The van der Waals surface area contributed by atoms with Gasteiger partial charge in [-0.05, 0) is 42.8 Å². The topological polar surface area (TPSA) is 65.1 Å². The second-order valence-electron chi connectivity index (χ2n) is 6.31. The summed E-state index contributed by atoms with van der Waals surface area (Å²) >= 11 is 1.65. The molecule has 8 heteroatoms. The zero-order chi connectivity index (χ0) is 19.3. The molecule has 0 radical (unpaired) electrons. The smallest absolute Gasteiger partial charge is 0.243 e. The molecule has 3 rings (SSSR count). The van der Waals surface area contributed by atoms with Gasteiger partial charge < -0.3 is 14.2 Å². The van der Waals surface area contributed by atoms with Gasteiger partial charge in [0.1, 0.15) is 0 Å². The van der Waals surface area contributed by atoms with E-state index in [1.54, 1.807) is 27.8 Å². The molecule has 1 aromatic carbocycles. The van der Waals surface area contributed by atoms with Gasteiger partial charge in [0, 0.05) is 36.7 Å². The molecule has 0 N–H and O–H groups in total. The molecule has 0 saturated carbocycles. The van der Waals surface area contributed by atoms with Crippen molar-refractivity contribution in [3.05, 3.63) is 40.6 Å². The molecule has 148 valence electrons. The summed E-state index contributed by atoms with van der Waals surface area (Å²) in [5.41, 5.74) is 0. The van der Waals surface area contributed by atoms with E-state index in [0.29, 0.717) is 50.5 Å². The Morgan fingerprint density at radius 3 is 2.52 bits per heavy atom. The Morgan fingerprint density at radius 1 is 1.15 bits per heavy atom. The van der Waals surface area contributed by atoms with E-state index >= 15 is 0 Å². The van der Waals surface area contributed by atoms with E-state index in [0.717, 1.165) is 0 Å². The number of nitrogens with zero attached hydrogens (tertiary/aromatic N) is 1. The van der Waals surface area contributed by atoms with Gasteiger partial charge in [0.2, 0.25) is 10.0 Å². The fraction of sp³-hybridized carbons (Fsp3) is 0.474. The first-order chi connectivity index (χ1) is 13.1. The quantitative estimate of drug-likeness (QED) is 0.668. The van der Waals surface area contributed by atoms with Gasteiger partial charge in [0.05, 0.1) is 19.1 Å². The van der Waals surface area contributed by atoms with Crippen LogP contribution in [0.4, 0.5) is 0 Å². The zero-order valence-electron chi connectivity index (χ0n) is 15.6. The zero-order valence-corrected chi connectivity index (χ0v) is 17.2. The highest BCUT2D eigenvalue weighted by molar-refractivity contribution is 7.89. The van der Waals surface area contributed by atoms with Crippen LogP contribution >= 0.6 is 11.3 Å². The van der Waals surface area contributed by atoms with Crippen LogP contribution in [0.15, 0.2) is 40.6 Å². The standard InChI is InChI=1S/C19H25NO5S2/c1-23-18-6-5-17(14-19(18)24-2)27(21,22)20(15-8-11-25-12-9-15)10-7-16-4-3-13-26-16/h3-6,13-15H,7-12H2,1-2H3. The van der Waals surface area contributed by atoms with Crippen LogP contribution in [0.1, 0.15) is 17.7 Å². The number of sulfonamides is 1. The van der Waals surface area contributed by atoms with Crippen molar-refractivity contribution in [3.63, 3.8) is 0 Å². The first-order valence-electron chi connectivity index (χ1n) is 8.90. The molecule has 1 aliphatic rings. The Kier molecular flexibility index (Phi) is 6.75. The van der Waals surface area contributed by atoms with Crippen LogP contribution in [0.2, 0.25) is 0 Å². The van der Waals surface area contributed by atoms with Gasteiger partial charge in [0.15, 0.2) is 11.5 Å². The number of hydrogen-bond acceptors (Lipinski definition) is 6. The Labute approximate surface area is 164 Å². The van der Waals surface area contributed by atoms with Crippen LogP contribution in [0, 0.1) is 0 Å². The fourth-order valence-electron chi connectivity index (χ4n) is 3.26. The summed E-state index contributed by atoms with van der Waals surface area (Å²) in [6, 6.07) is 8.71. The predicted molar refractivity (Wildman–Crippen MR) is 105 cm³/mol. The molecule has 1 saturated heterocycles. The van der Waals surface area contributed by atoms with E-state index in [9.17, 15) is 8.42 Å². The summed E-state index contributed by atoms with van der Waals surface area (Å²) in [5.74, 6) is 0.913. The molecule has 0 aliphatic carbocycles. The summed E-state index contributed by atoms with van der Waals surface area (Å²) in [4.78, 5) is 1.40. The maximum Gasteiger partial charge on any atom is 0.243 e. The van der Waals surface area contributed by atoms with Crippen molar-refractivity contribution in [1.82, 2.24) is 4.31 Å². The first-order valence-corrected chi connectivity index (χ1v) is 11.2. The minimum atomic E-state index is -3.66. The van der Waals surface area contributed by atoms with Gasteiger partial charge in [-0.1, -0.05) is 6.07 Å². The van der Waals surface area contributed by atoms with Gasteiger partial charge >= 0.3 is 0 Å². The van der Waals surface area contributed by atoms with Gasteiger partial charge in [-0.3, -0.25) is 0 Å². The van der Waals surface area contributed by atoms with Crippen molar-refractivity contribution in [2.45, 2.75) is 30.2 Å². The Bertz CT molecular complexity index is 830. The first kappa shape index (κ1) is 20.1. The Morgan fingerprint density at radius 2 is 1.89 bits per heavy atom. The lowest BCUT2D eigenvalue weighted by molar-refractivity contribution is 0.0587. The maximum absolute atomic E-state index is 13.5. The van der Waals surface area contributed by atoms with Crippen molar-refractivity contribution in [2.24, 2.45) is 0 Å². The molecule has 2 heterocycles. The molecule has 1 aliphatic heterocycles. The van der Waals surface area contributed by atoms with Crippen molar-refractivity contribution in [3.8, 4) is 11.5 Å². The molecule has 2 aromatic rings. The third-order valence-corrected chi connectivity index (χ3v) is 7.60. The monoisotopic (exact) mass is 411 g/mol. The Balaban J connectivity index is 1.90. The molecule has 0 spiro atoms. The van der Waals surface area contributed by atoms with Gasteiger partial charge in [-0.2, -0.15) is 4.31 Å². The lowest BCUT2D eigenvalue weighted by atomic mass is 10.1. The largest absolute Gasteiger partial charge is 0.493 e. The van der Waals surface area contributed by atoms with Gasteiger partial charge in [0.25, 0.3) is 0 Å². The second kappa shape index (κ2) is 9.05. The van der Waals surface area contributed by atoms with Crippen LogP contribution < -0.4 is 9.47 Å². The van der Waals surface area contributed by atoms with Crippen molar-refractivity contribution < 1.29 is 22.6 Å². The van der Waals surface area contributed by atoms with E-state index in [2.05, 4.69) is 0 Å². The van der Waals surface area contributed by atoms with E-state index in [4.69, 9.17) is 14.2 Å². The minimum absolute atomic E-state index is 0.0585. The summed E-state index contributed by atoms with van der Waals surface area (Å²) in [5, 5.41) is 2.01. The summed E-state index contributed by atoms with van der Waals surface area (Å²) < 4.78 is 44.5. The van der Waals surface area contributed by atoms with Crippen LogP contribution in [-0.4, -0.2) is 52.7 Å². The Hall–Kier alpha value is -1.61. The fourth-order valence-corrected chi connectivity index (χ4v) is 5.66. The lowest BCUT2D eigenvalue weighted by Gasteiger charge is -2.33. The lowest BCUT2D eigenvalue weighted by Crippen LogP contribution is -2.44. The van der Waals surface area contributed by atoms with Gasteiger partial charge in [-0.25, -0.2) is 8.42 Å². The molecule has 0 atom stereocenters. The molecule has 0 amide bonds. The second-order valence-corrected chi connectivity index (χ2v) is 9.23. The third-order valence-electron chi connectivity index (χ3n) is 4.72. The molecular weight excluding hydrogens is 386 g/mol. The highest BCUT2D eigenvalue weighted by Gasteiger charge is 2.33. The number of ether oxygens (including phenoxy) is 3. The van der Waals surface area contributed by atoms with Crippen LogP contribution in [0.25, 0.3) is 0 Å². The van der Waals surface area contributed by atoms with E-state index in [1.165, 1.54) is 25.2 Å². The number of hydrogen-bond donors (Lipinski definition) is 0. The molecule has 1 fully saturated rings. The summed E-state index contributed by atoms with van der Waals surface area (Å²) in [7, 11) is -0.634. The number of thiophene rings is 1. The third kappa shape index (κ3) is 4.63. The SMILES string of the molecule is COc1ccc(S(=O)(=O)N(CCc2cccs2)C2CCOCC2)cc1OC. The number of rotatable bonds is 8. The summed E-state index contributed by atoms with van der Waals surface area (Å²) in [6.45, 7) is 1.62. The normalized spacial score (nSPS) is 15.8. The average molecular weight is 412 g/mol. The summed E-state index contributed by atoms with van der Waals surface area (Å²) in [6.07, 6.45) is 2.11. The molecule has 6 nitrogen and oxygen atoms in total. The molecule has 1 aromatic heterocycles. The highest BCUT2D eigenvalue weighted by Crippen LogP contribution is 2.32.